The van der Waals surface area contributed by atoms with Gasteiger partial charge in [-0.3, -0.25) is 14.5 Å². The molecule has 1 fully saturated rings. The third kappa shape index (κ3) is 4.63. The third-order valence-corrected chi connectivity index (χ3v) is 6.29. The lowest BCUT2D eigenvalue weighted by Crippen LogP contribution is -2.41. The fourth-order valence-corrected chi connectivity index (χ4v) is 4.35. The van der Waals surface area contributed by atoms with E-state index in [4.69, 9.17) is 4.74 Å². The molecule has 1 saturated carbocycles. The molecule has 26 heavy (non-hydrogen) atoms. The number of methoxy groups -OCH3 is 1. The Balaban J connectivity index is 2.41. The summed E-state index contributed by atoms with van der Waals surface area (Å²) >= 11 is 1.26. The number of esters is 1. The Morgan fingerprint density at radius 1 is 1.27 bits per heavy atom. The van der Waals surface area contributed by atoms with Gasteiger partial charge < -0.3 is 9.84 Å². The van der Waals surface area contributed by atoms with Crippen molar-refractivity contribution in [1.29, 1.82) is 0 Å². The maximum Gasteiger partial charge on any atom is 0.350 e. The minimum Gasteiger partial charge on any atom is -0.480 e. The summed E-state index contributed by atoms with van der Waals surface area (Å²) in [5.74, 6) is -1.30. The molecule has 0 atom stereocenters. The highest BCUT2D eigenvalue weighted by molar-refractivity contribution is 7.14. The first-order valence-corrected chi connectivity index (χ1v) is 9.81. The number of ether oxygens (including phenoxy) is 1. The van der Waals surface area contributed by atoms with Crippen LogP contribution in [0.1, 0.15) is 66.9 Å². The Kier molecular flexibility index (Phi) is 6.81. The molecule has 6 nitrogen and oxygen atoms in total. The molecule has 1 aromatic rings. The summed E-state index contributed by atoms with van der Waals surface area (Å²) in [6, 6.07) is 1.76. The van der Waals surface area contributed by atoms with Gasteiger partial charge in [-0.05, 0) is 43.6 Å². The molecule has 1 heterocycles. The van der Waals surface area contributed by atoms with Crippen molar-refractivity contribution in [2.75, 3.05) is 18.6 Å². The van der Waals surface area contributed by atoms with Crippen molar-refractivity contribution < 1.29 is 24.2 Å². The lowest BCUT2D eigenvalue weighted by atomic mass is 9.82. The highest BCUT2D eigenvalue weighted by Crippen LogP contribution is 2.37. The zero-order valence-corrected chi connectivity index (χ0v) is 16.6. The van der Waals surface area contributed by atoms with E-state index in [0.29, 0.717) is 11.6 Å². The number of nitrogens with zero attached hydrogens (tertiary/aromatic N) is 1. The van der Waals surface area contributed by atoms with E-state index < -0.39 is 18.5 Å². The Morgan fingerprint density at radius 3 is 2.38 bits per heavy atom. The molecule has 0 radical (unpaired) electrons. The number of aliphatic carboxylic acids is 1. The molecule has 0 bridgehead atoms. The summed E-state index contributed by atoms with van der Waals surface area (Å²) in [7, 11) is 1.28. The number of carboxylic acids is 1. The van der Waals surface area contributed by atoms with Crippen molar-refractivity contribution in [3.8, 4) is 0 Å². The zero-order valence-electron chi connectivity index (χ0n) is 15.8. The largest absolute Gasteiger partial charge is 0.480 e. The van der Waals surface area contributed by atoms with Crippen molar-refractivity contribution in [3.05, 3.63) is 15.8 Å². The van der Waals surface area contributed by atoms with E-state index in [0.717, 1.165) is 30.6 Å². The molecular formula is C19H27NO5S. The molecule has 7 heteroatoms. The molecule has 0 aromatic carbocycles. The monoisotopic (exact) mass is 381 g/mol. The Hall–Kier alpha value is -1.89. The van der Waals surface area contributed by atoms with E-state index in [9.17, 15) is 19.5 Å². The van der Waals surface area contributed by atoms with Crippen LogP contribution in [-0.2, 0) is 14.3 Å². The third-order valence-electron chi connectivity index (χ3n) is 4.89. The van der Waals surface area contributed by atoms with Crippen molar-refractivity contribution in [2.24, 2.45) is 11.8 Å². The molecule has 1 N–H and O–H groups in total. The molecule has 0 saturated heterocycles. The predicted molar refractivity (Wildman–Crippen MR) is 101 cm³/mol. The first kappa shape index (κ1) is 20.4. The first-order chi connectivity index (χ1) is 12.2. The molecule has 0 spiro atoms. The quantitative estimate of drug-likeness (QED) is 0.756. The van der Waals surface area contributed by atoms with Gasteiger partial charge in [-0.25, -0.2) is 4.79 Å². The van der Waals surface area contributed by atoms with Gasteiger partial charge in [0.25, 0.3) is 0 Å². The number of hydrogen-bond acceptors (Lipinski definition) is 5. The van der Waals surface area contributed by atoms with Crippen LogP contribution in [0.5, 0.6) is 0 Å². The number of anilines is 1. The van der Waals surface area contributed by atoms with Crippen LogP contribution in [0.25, 0.3) is 0 Å². The summed E-state index contributed by atoms with van der Waals surface area (Å²) < 4.78 is 4.85. The number of carboxylic acid groups (broad SMARTS) is 1. The number of hydrogen-bond donors (Lipinski definition) is 1. The molecular weight excluding hydrogens is 354 g/mol. The molecule has 2 rings (SSSR count). The van der Waals surface area contributed by atoms with E-state index in [1.54, 1.807) is 6.07 Å². The second kappa shape index (κ2) is 8.66. The standard InChI is InChI=1S/C19H27NO5S/c1-11(2)15-9-14(17(26-15)19(24)25-4)20(10-16(21)22)18(23)13-7-5-12(3)6-8-13/h9,11-13H,5-8,10H2,1-4H3,(H,21,22). The van der Waals surface area contributed by atoms with Gasteiger partial charge in [0.2, 0.25) is 5.91 Å². The number of rotatable bonds is 6. The first-order valence-electron chi connectivity index (χ1n) is 8.99. The summed E-state index contributed by atoms with van der Waals surface area (Å²) in [5.41, 5.74) is 0.358. The van der Waals surface area contributed by atoms with Gasteiger partial charge in [-0.15, -0.1) is 11.3 Å². The number of thiophene rings is 1. The molecule has 1 aliphatic rings. The summed E-state index contributed by atoms with van der Waals surface area (Å²) in [4.78, 5) is 39.2. The van der Waals surface area contributed by atoms with Gasteiger partial charge in [-0.2, -0.15) is 0 Å². The lowest BCUT2D eigenvalue weighted by molar-refractivity contribution is -0.137. The topological polar surface area (TPSA) is 83.9 Å². The fraction of sp³-hybridized carbons (Fsp3) is 0.632. The van der Waals surface area contributed by atoms with Crippen LogP contribution in [0.3, 0.4) is 0 Å². The van der Waals surface area contributed by atoms with Crippen LogP contribution in [0.4, 0.5) is 5.69 Å². The van der Waals surface area contributed by atoms with E-state index in [1.807, 2.05) is 13.8 Å². The summed E-state index contributed by atoms with van der Waals surface area (Å²) in [5, 5.41) is 9.33. The van der Waals surface area contributed by atoms with E-state index in [-0.39, 0.29) is 22.6 Å². The normalized spacial score (nSPS) is 20.0. The Labute approximate surface area is 158 Å². The lowest BCUT2D eigenvalue weighted by Gasteiger charge is -2.30. The van der Waals surface area contributed by atoms with Crippen LogP contribution in [0.15, 0.2) is 6.07 Å². The summed E-state index contributed by atoms with van der Waals surface area (Å²) in [6.07, 6.45) is 3.43. The summed E-state index contributed by atoms with van der Waals surface area (Å²) in [6.45, 7) is 5.69. The number of carbonyl (C=O) groups excluding carboxylic acids is 2. The van der Waals surface area contributed by atoms with E-state index in [2.05, 4.69) is 6.92 Å². The fourth-order valence-electron chi connectivity index (χ4n) is 3.27. The predicted octanol–water partition coefficient (Wildman–Crippen LogP) is 3.90. The van der Waals surface area contributed by atoms with Crippen LogP contribution in [0.2, 0.25) is 0 Å². The molecule has 144 valence electrons. The SMILES string of the molecule is COC(=O)c1sc(C(C)C)cc1N(CC(=O)O)C(=O)C1CCC(C)CC1. The van der Waals surface area contributed by atoms with E-state index >= 15 is 0 Å². The van der Waals surface area contributed by atoms with Gasteiger partial charge in [0.15, 0.2) is 0 Å². The molecule has 1 aliphatic carbocycles. The minimum absolute atomic E-state index is 0.162. The van der Waals surface area contributed by atoms with Gasteiger partial charge in [-0.1, -0.05) is 20.8 Å². The Morgan fingerprint density at radius 2 is 1.88 bits per heavy atom. The number of carbonyl (C=O) groups is 3. The van der Waals surface area contributed by atoms with Crippen LogP contribution >= 0.6 is 11.3 Å². The Bertz CT molecular complexity index is 673. The minimum atomic E-state index is -1.10. The van der Waals surface area contributed by atoms with Crippen LogP contribution < -0.4 is 4.90 Å². The van der Waals surface area contributed by atoms with Gasteiger partial charge in [0, 0.05) is 10.8 Å². The number of amides is 1. The van der Waals surface area contributed by atoms with Crippen molar-refractivity contribution in [1.82, 2.24) is 0 Å². The van der Waals surface area contributed by atoms with Crippen LogP contribution in [0, 0.1) is 11.8 Å². The van der Waals surface area contributed by atoms with Crippen LogP contribution in [-0.4, -0.2) is 36.6 Å². The maximum atomic E-state index is 13.1. The van der Waals surface area contributed by atoms with Gasteiger partial charge >= 0.3 is 11.9 Å². The maximum absolute atomic E-state index is 13.1. The highest BCUT2D eigenvalue weighted by atomic mass is 32.1. The molecule has 0 aliphatic heterocycles. The second-order valence-electron chi connectivity index (χ2n) is 7.28. The van der Waals surface area contributed by atoms with Crippen molar-refractivity contribution in [2.45, 2.75) is 52.4 Å². The molecule has 0 unspecified atom stereocenters. The average Bonchev–Trinajstić information content (AvgIpc) is 3.04. The van der Waals surface area contributed by atoms with Crippen molar-refractivity contribution >= 4 is 34.9 Å². The second-order valence-corrected chi connectivity index (χ2v) is 8.37. The average molecular weight is 381 g/mol. The van der Waals surface area contributed by atoms with Crippen molar-refractivity contribution in [3.63, 3.8) is 0 Å². The van der Waals surface area contributed by atoms with E-state index in [1.165, 1.54) is 23.3 Å². The zero-order chi connectivity index (χ0) is 19.4. The molecule has 1 aromatic heterocycles. The molecule has 1 amide bonds. The highest BCUT2D eigenvalue weighted by Gasteiger charge is 2.33. The van der Waals surface area contributed by atoms with Gasteiger partial charge in [0.05, 0.1) is 12.8 Å². The van der Waals surface area contributed by atoms with Gasteiger partial charge in [0.1, 0.15) is 11.4 Å². The smallest absolute Gasteiger partial charge is 0.350 e.